The summed E-state index contributed by atoms with van der Waals surface area (Å²) in [5.74, 6) is 0.482. The van der Waals surface area contributed by atoms with Gasteiger partial charge < -0.3 is 15.0 Å². The Morgan fingerprint density at radius 2 is 1.96 bits per heavy atom. The van der Waals surface area contributed by atoms with Crippen molar-refractivity contribution in [3.63, 3.8) is 0 Å². The topological polar surface area (TPSA) is 58.6 Å². The van der Waals surface area contributed by atoms with Crippen molar-refractivity contribution in [2.45, 2.75) is 19.8 Å². The van der Waals surface area contributed by atoms with E-state index in [0.717, 1.165) is 17.6 Å². The van der Waals surface area contributed by atoms with Gasteiger partial charge in [-0.2, -0.15) is 0 Å². The van der Waals surface area contributed by atoms with Crippen LogP contribution in [0, 0.1) is 0 Å². The van der Waals surface area contributed by atoms with E-state index in [-0.39, 0.29) is 11.8 Å². The number of benzene rings is 2. The minimum absolute atomic E-state index is 0.0756. The molecule has 1 saturated heterocycles. The van der Waals surface area contributed by atoms with Gasteiger partial charge >= 0.3 is 0 Å². The number of nitrogens with zero attached hydrogens (tertiary/aromatic N) is 1. The second-order valence-corrected chi connectivity index (χ2v) is 6.22. The van der Waals surface area contributed by atoms with E-state index in [2.05, 4.69) is 5.32 Å². The lowest BCUT2D eigenvalue weighted by Gasteiger charge is -2.20. The molecule has 1 aliphatic rings. The number of carbonyl (C=O) groups excluding carboxylic acids is 2. The number of ether oxygens (including phenoxy) is 1. The van der Waals surface area contributed by atoms with Gasteiger partial charge in [0, 0.05) is 24.7 Å². The van der Waals surface area contributed by atoms with Gasteiger partial charge in [0.15, 0.2) is 0 Å². The highest BCUT2D eigenvalue weighted by Gasteiger charge is 2.24. The quantitative estimate of drug-likeness (QED) is 0.833. The molecule has 5 nitrogen and oxygen atoms in total. The summed E-state index contributed by atoms with van der Waals surface area (Å²) in [6, 6.07) is 15.1. The third-order valence-corrected chi connectivity index (χ3v) is 4.39. The molecule has 1 heterocycles. The van der Waals surface area contributed by atoms with Gasteiger partial charge in [0.2, 0.25) is 11.8 Å². The van der Waals surface area contributed by atoms with E-state index in [0.29, 0.717) is 30.1 Å². The molecule has 5 heteroatoms. The van der Waals surface area contributed by atoms with Gasteiger partial charge in [-0.3, -0.25) is 9.59 Å². The fourth-order valence-corrected chi connectivity index (χ4v) is 3.04. The maximum absolute atomic E-state index is 12.3. The Kier molecular flexibility index (Phi) is 5.37. The molecular weight excluding hydrogens is 328 g/mol. The summed E-state index contributed by atoms with van der Waals surface area (Å²) in [5, 5.41) is 2.86. The molecule has 3 rings (SSSR count). The maximum atomic E-state index is 12.3. The molecule has 1 fully saturated rings. The van der Waals surface area contributed by atoms with Crippen LogP contribution in [-0.2, 0) is 9.59 Å². The lowest BCUT2D eigenvalue weighted by molar-refractivity contribution is -0.117. The lowest BCUT2D eigenvalue weighted by Crippen LogP contribution is -2.24. The summed E-state index contributed by atoms with van der Waals surface area (Å²) in [5.41, 5.74) is 3.20. The Balaban J connectivity index is 1.79. The van der Waals surface area contributed by atoms with Crippen LogP contribution in [0.25, 0.3) is 5.57 Å². The van der Waals surface area contributed by atoms with E-state index in [1.165, 1.54) is 0 Å². The Labute approximate surface area is 153 Å². The molecule has 0 radical (unpaired) electrons. The van der Waals surface area contributed by atoms with Crippen LogP contribution in [0.5, 0.6) is 5.75 Å². The van der Waals surface area contributed by atoms with Crippen LogP contribution >= 0.6 is 0 Å². The van der Waals surface area contributed by atoms with E-state index in [1.54, 1.807) is 36.3 Å². The van der Waals surface area contributed by atoms with Crippen LogP contribution < -0.4 is 15.0 Å². The summed E-state index contributed by atoms with van der Waals surface area (Å²) < 4.78 is 5.37. The van der Waals surface area contributed by atoms with Gasteiger partial charge in [0.25, 0.3) is 0 Å². The number of carbonyl (C=O) groups is 2. The standard InChI is InChI=1S/C21H22N2O3/c1-15(16-7-4-3-5-8-16)13-20(24)22-17-10-11-19(26-2)18(14-17)23-12-6-9-21(23)25/h3-5,7-8,10-11,13-14H,6,9,12H2,1-2H3,(H,22,24)/b15-13+. The normalized spacial score (nSPS) is 14.5. The molecule has 2 amide bonds. The van der Waals surface area contributed by atoms with Crippen molar-refractivity contribution in [1.82, 2.24) is 0 Å². The second-order valence-electron chi connectivity index (χ2n) is 6.22. The molecule has 134 valence electrons. The van der Waals surface area contributed by atoms with Gasteiger partial charge in [-0.25, -0.2) is 0 Å². The second kappa shape index (κ2) is 7.87. The zero-order chi connectivity index (χ0) is 18.5. The largest absolute Gasteiger partial charge is 0.495 e. The Hall–Kier alpha value is -3.08. The summed E-state index contributed by atoms with van der Waals surface area (Å²) in [4.78, 5) is 26.1. The minimum atomic E-state index is -0.213. The number of methoxy groups -OCH3 is 1. The summed E-state index contributed by atoms with van der Waals surface area (Å²) >= 11 is 0. The third-order valence-electron chi connectivity index (χ3n) is 4.39. The first-order chi connectivity index (χ1) is 12.6. The molecule has 0 spiro atoms. The fourth-order valence-electron chi connectivity index (χ4n) is 3.04. The van der Waals surface area contributed by atoms with Crippen LogP contribution in [0.3, 0.4) is 0 Å². The first kappa shape index (κ1) is 17.7. The van der Waals surface area contributed by atoms with Gasteiger partial charge in [0.05, 0.1) is 12.8 Å². The van der Waals surface area contributed by atoms with Crippen LogP contribution in [0.4, 0.5) is 11.4 Å². The van der Waals surface area contributed by atoms with E-state index in [1.807, 2.05) is 37.3 Å². The van der Waals surface area contributed by atoms with E-state index in [4.69, 9.17) is 4.74 Å². The number of amides is 2. The zero-order valence-electron chi connectivity index (χ0n) is 15.0. The van der Waals surface area contributed by atoms with Crippen LogP contribution in [0.2, 0.25) is 0 Å². The molecule has 2 aromatic carbocycles. The molecule has 0 atom stereocenters. The minimum Gasteiger partial charge on any atom is -0.495 e. The number of hydrogen-bond acceptors (Lipinski definition) is 3. The first-order valence-electron chi connectivity index (χ1n) is 8.61. The van der Waals surface area contributed by atoms with Crippen molar-refractivity contribution < 1.29 is 14.3 Å². The SMILES string of the molecule is COc1ccc(NC(=O)/C=C(\C)c2ccccc2)cc1N1CCCC1=O. The Morgan fingerprint density at radius 3 is 2.62 bits per heavy atom. The van der Waals surface area contributed by atoms with Crippen LogP contribution in [-0.4, -0.2) is 25.5 Å². The highest BCUT2D eigenvalue weighted by Crippen LogP contribution is 2.34. The first-order valence-corrected chi connectivity index (χ1v) is 8.61. The maximum Gasteiger partial charge on any atom is 0.248 e. The molecule has 1 N–H and O–H groups in total. The molecule has 0 saturated carbocycles. The van der Waals surface area contributed by atoms with Crippen LogP contribution in [0.1, 0.15) is 25.3 Å². The zero-order valence-corrected chi connectivity index (χ0v) is 15.0. The third kappa shape index (κ3) is 3.94. The van der Waals surface area contributed by atoms with E-state index in [9.17, 15) is 9.59 Å². The van der Waals surface area contributed by atoms with Crippen molar-refractivity contribution in [3.05, 3.63) is 60.2 Å². The average molecular weight is 350 g/mol. The number of nitrogens with one attached hydrogen (secondary N) is 1. The molecule has 0 bridgehead atoms. The van der Waals surface area contributed by atoms with Gasteiger partial charge in [-0.15, -0.1) is 0 Å². The summed E-state index contributed by atoms with van der Waals surface area (Å²) in [7, 11) is 1.57. The smallest absolute Gasteiger partial charge is 0.248 e. The highest BCUT2D eigenvalue weighted by atomic mass is 16.5. The molecule has 26 heavy (non-hydrogen) atoms. The average Bonchev–Trinajstić information content (AvgIpc) is 3.08. The number of allylic oxidation sites excluding steroid dienone is 1. The van der Waals surface area contributed by atoms with Gasteiger partial charge in [-0.1, -0.05) is 30.3 Å². The molecule has 0 aromatic heterocycles. The number of hydrogen-bond donors (Lipinski definition) is 1. The number of anilines is 2. The summed E-state index contributed by atoms with van der Waals surface area (Å²) in [6.07, 6.45) is 2.94. The molecule has 1 aliphatic heterocycles. The van der Waals surface area contributed by atoms with E-state index < -0.39 is 0 Å². The monoisotopic (exact) mass is 350 g/mol. The predicted octanol–water partition coefficient (Wildman–Crippen LogP) is 3.86. The van der Waals surface area contributed by atoms with Gasteiger partial charge in [-0.05, 0) is 42.7 Å². The highest BCUT2D eigenvalue weighted by molar-refractivity contribution is 6.04. The van der Waals surface area contributed by atoms with Crippen molar-refractivity contribution in [2.75, 3.05) is 23.9 Å². The van der Waals surface area contributed by atoms with Crippen molar-refractivity contribution in [2.24, 2.45) is 0 Å². The van der Waals surface area contributed by atoms with E-state index >= 15 is 0 Å². The lowest BCUT2D eigenvalue weighted by atomic mass is 10.1. The van der Waals surface area contributed by atoms with Gasteiger partial charge in [0.1, 0.15) is 5.75 Å². The van der Waals surface area contributed by atoms with Crippen molar-refractivity contribution >= 4 is 28.8 Å². The predicted molar refractivity (Wildman–Crippen MR) is 103 cm³/mol. The molecule has 2 aromatic rings. The van der Waals surface area contributed by atoms with Crippen LogP contribution in [0.15, 0.2) is 54.6 Å². The Morgan fingerprint density at radius 1 is 1.19 bits per heavy atom. The van der Waals surface area contributed by atoms with Crippen molar-refractivity contribution in [3.8, 4) is 5.75 Å². The summed E-state index contributed by atoms with van der Waals surface area (Å²) in [6.45, 7) is 2.57. The number of rotatable bonds is 5. The molecule has 0 aliphatic carbocycles. The molecule has 0 unspecified atom stereocenters. The fraction of sp³-hybridized carbons (Fsp3) is 0.238. The van der Waals surface area contributed by atoms with Crippen molar-refractivity contribution in [1.29, 1.82) is 0 Å². The Bertz CT molecular complexity index is 844. The molecular formula is C21H22N2O3.